The Kier molecular flexibility index (Phi) is 7.56. The van der Waals surface area contributed by atoms with E-state index in [2.05, 4.69) is 12.8 Å². The van der Waals surface area contributed by atoms with Gasteiger partial charge in [-0.2, -0.15) is 0 Å². The summed E-state index contributed by atoms with van der Waals surface area (Å²) >= 11 is 0. The fraction of sp³-hybridized carbons (Fsp3) is 0.500. The zero-order valence-electron chi connectivity index (χ0n) is 12.9. The number of nitrogens with two attached hydrogens (primary N) is 1. The van der Waals surface area contributed by atoms with Gasteiger partial charge in [0.15, 0.2) is 0 Å². The van der Waals surface area contributed by atoms with Crippen molar-refractivity contribution >= 4 is 11.9 Å². The highest BCUT2D eigenvalue weighted by molar-refractivity contribution is 5.97. The maximum atomic E-state index is 12.3. The average Bonchev–Trinajstić information content (AvgIpc) is 2.48. The Balaban J connectivity index is 0.00000116. The zero-order chi connectivity index (χ0) is 16.5. The second-order valence-electron chi connectivity index (χ2n) is 5.30. The van der Waals surface area contributed by atoms with E-state index in [1.807, 2.05) is 18.2 Å². The van der Waals surface area contributed by atoms with Gasteiger partial charge in [-0.1, -0.05) is 31.9 Å². The van der Waals surface area contributed by atoms with Gasteiger partial charge in [0.05, 0.1) is 0 Å². The third kappa shape index (κ3) is 4.54. The van der Waals surface area contributed by atoms with Crippen molar-refractivity contribution < 1.29 is 19.9 Å². The number of rotatable bonds is 6. The molecule has 1 heterocycles. The number of carbonyl (C=O) groups excluding carboxylic acids is 1. The minimum atomic E-state index is -0.913. The normalized spacial score (nSPS) is 16.3. The van der Waals surface area contributed by atoms with Crippen LogP contribution in [0.15, 0.2) is 24.3 Å². The summed E-state index contributed by atoms with van der Waals surface area (Å²) in [4.78, 5) is 24.7. The molecule has 122 valence electrons. The van der Waals surface area contributed by atoms with Gasteiger partial charge < -0.3 is 15.2 Å². The SMILES string of the molecule is CCCCCc1cccc(C(=O)N2CC[C@@H]2C(=O)O)c1.NO. The Hall–Kier alpha value is -1.92. The van der Waals surface area contributed by atoms with Crippen LogP contribution in [0.4, 0.5) is 0 Å². The molecule has 1 aromatic rings. The van der Waals surface area contributed by atoms with Crippen molar-refractivity contribution in [3.8, 4) is 0 Å². The van der Waals surface area contributed by atoms with Crippen LogP contribution in [0, 0.1) is 0 Å². The molecule has 22 heavy (non-hydrogen) atoms. The van der Waals surface area contributed by atoms with Crippen LogP contribution in [-0.2, 0) is 11.2 Å². The number of hydrogen-bond donors (Lipinski definition) is 3. The lowest BCUT2D eigenvalue weighted by atomic mass is 9.99. The molecule has 1 saturated heterocycles. The molecule has 0 bridgehead atoms. The van der Waals surface area contributed by atoms with E-state index in [9.17, 15) is 9.59 Å². The first kappa shape index (κ1) is 18.1. The standard InChI is InChI=1S/C16H21NO3.H3NO/c1-2-3-4-6-12-7-5-8-13(11-12)15(18)17-10-9-14(17)16(19)20;1-2/h5,7-8,11,14H,2-4,6,9-10H2,1H3,(H,19,20);2H,1H2/t14-;/m1./s1. The molecule has 6 nitrogen and oxygen atoms in total. The molecule has 0 aromatic heterocycles. The summed E-state index contributed by atoms with van der Waals surface area (Å²) in [5.74, 6) is 2.42. The highest BCUT2D eigenvalue weighted by Gasteiger charge is 2.37. The van der Waals surface area contributed by atoms with Gasteiger partial charge in [-0.15, -0.1) is 0 Å². The number of hydrogen-bond acceptors (Lipinski definition) is 4. The molecule has 0 spiro atoms. The minimum Gasteiger partial charge on any atom is -0.480 e. The summed E-state index contributed by atoms with van der Waals surface area (Å²) in [5, 5.41) is 15.5. The Morgan fingerprint density at radius 2 is 2.05 bits per heavy atom. The van der Waals surface area contributed by atoms with Crippen LogP contribution < -0.4 is 5.90 Å². The lowest BCUT2D eigenvalue weighted by molar-refractivity contribution is -0.146. The number of aliphatic carboxylic acids is 1. The van der Waals surface area contributed by atoms with Crippen LogP contribution in [-0.4, -0.2) is 39.7 Å². The van der Waals surface area contributed by atoms with Crippen molar-refractivity contribution in [2.24, 2.45) is 5.90 Å². The van der Waals surface area contributed by atoms with Gasteiger partial charge in [-0.3, -0.25) is 4.79 Å². The number of likely N-dealkylation sites (tertiary alicyclic amines) is 1. The minimum absolute atomic E-state index is 0.166. The maximum Gasteiger partial charge on any atom is 0.326 e. The number of carboxylic acid groups (broad SMARTS) is 1. The molecule has 0 radical (unpaired) electrons. The summed E-state index contributed by atoms with van der Waals surface area (Å²) in [5.41, 5.74) is 1.75. The molecule has 6 heteroatoms. The first-order chi connectivity index (χ1) is 10.6. The predicted molar refractivity (Wildman–Crippen MR) is 82.7 cm³/mol. The first-order valence-corrected chi connectivity index (χ1v) is 7.52. The van der Waals surface area contributed by atoms with Crippen LogP contribution >= 0.6 is 0 Å². The van der Waals surface area contributed by atoms with Crippen molar-refractivity contribution in [2.75, 3.05) is 6.54 Å². The molecule has 1 fully saturated rings. The van der Waals surface area contributed by atoms with Gasteiger partial charge in [-0.05, 0) is 37.0 Å². The van der Waals surface area contributed by atoms with Crippen LogP contribution in [0.25, 0.3) is 0 Å². The largest absolute Gasteiger partial charge is 0.480 e. The number of aryl methyl sites for hydroxylation is 1. The summed E-state index contributed by atoms with van der Waals surface area (Å²) in [6.45, 7) is 2.70. The number of carbonyl (C=O) groups is 2. The zero-order valence-corrected chi connectivity index (χ0v) is 12.9. The van der Waals surface area contributed by atoms with Crippen LogP contribution in [0.5, 0.6) is 0 Å². The van der Waals surface area contributed by atoms with E-state index in [0.717, 1.165) is 18.4 Å². The number of unbranched alkanes of at least 4 members (excludes halogenated alkanes) is 2. The van der Waals surface area contributed by atoms with E-state index >= 15 is 0 Å². The number of benzene rings is 1. The first-order valence-electron chi connectivity index (χ1n) is 7.52. The summed E-state index contributed by atoms with van der Waals surface area (Å²) < 4.78 is 0. The van der Waals surface area contributed by atoms with E-state index in [0.29, 0.717) is 18.5 Å². The highest BCUT2D eigenvalue weighted by Crippen LogP contribution is 2.21. The summed E-state index contributed by atoms with van der Waals surface area (Å²) in [6.07, 6.45) is 5.00. The molecule has 1 amide bonds. The fourth-order valence-electron chi connectivity index (χ4n) is 2.49. The molecular weight excluding hydrogens is 284 g/mol. The average molecular weight is 308 g/mol. The molecule has 1 aliphatic heterocycles. The van der Waals surface area contributed by atoms with Gasteiger partial charge in [0.1, 0.15) is 6.04 Å². The second kappa shape index (κ2) is 9.17. The Bertz CT molecular complexity index is 505. The number of amides is 1. The Morgan fingerprint density at radius 3 is 2.59 bits per heavy atom. The van der Waals surface area contributed by atoms with Gasteiger partial charge >= 0.3 is 5.97 Å². The summed E-state index contributed by atoms with van der Waals surface area (Å²) in [6, 6.07) is 6.92. The highest BCUT2D eigenvalue weighted by atomic mass is 16.4. The van der Waals surface area contributed by atoms with E-state index in [-0.39, 0.29) is 5.91 Å². The van der Waals surface area contributed by atoms with Gasteiger partial charge in [0, 0.05) is 12.1 Å². The predicted octanol–water partition coefficient (Wildman–Crippen LogP) is 2.05. The van der Waals surface area contributed by atoms with Gasteiger partial charge in [0.25, 0.3) is 5.91 Å². The molecule has 0 unspecified atom stereocenters. The topological polar surface area (TPSA) is 104 Å². The van der Waals surface area contributed by atoms with Crippen LogP contribution in [0.2, 0.25) is 0 Å². The van der Waals surface area contributed by atoms with E-state index in [4.69, 9.17) is 10.3 Å². The second-order valence-corrected chi connectivity index (χ2v) is 5.30. The monoisotopic (exact) mass is 308 g/mol. The van der Waals surface area contributed by atoms with Crippen molar-refractivity contribution in [2.45, 2.75) is 45.1 Å². The quantitative estimate of drug-likeness (QED) is 0.551. The Labute approximate surface area is 130 Å². The van der Waals surface area contributed by atoms with E-state index < -0.39 is 12.0 Å². The third-order valence-electron chi connectivity index (χ3n) is 3.81. The van der Waals surface area contributed by atoms with Gasteiger partial charge in [-0.25, -0.2) is 10.7 Å². The maximum absolute atomic E-state index is 12.3. The molecule has 0 saturated carbocycles. The van der Waals surface area contributed by atoms with Crippen molar-refractivity contribution in [1.82, 2.24) is 4.90 Å². The van der Waals surface area contributed by atoms with Crippen molar-refractivity contribution in [1.29, 1.82) is 0 Å². The molecule has 1 aromatic carbocycles. The van der Waals surface area contributed by atoms with Crippen molar-refractivity contribution in [3.63, 3.8) is 0 Å². The molecular formula is C16H24N2O4. The molecule has 4 N–H and O–H groups in total. The summed E-state index contributed by atoms with van der Waals surface area (Å²) in [7, 11) is 0. The van der Waals surface area contributed by atoms with Crippen LogP contribution in [0.1, 0.15) is 48.5 Å². The molecule has 1 atom stereocenters. The van der Waals surface area contributed by atoms with Gasteiger partial charge in [0.2, 0.25) is 0 Å². The number of carboxylic acids is 1. The van der Waals surface area contributed by atoms with Crippen LogP contribution in [0.3, 0.4) is 0 Å². The smallest absolute Gasteiger partial charge is 0.326 e. The third-order valence-corrected chi connectivity index (χ3v) is 3.81. The molecule has 0 aliphatic carbocycles. The Morgan fingerprint density at radius 1 is 1.32 bits per heavy atom. The van der Waals surface area contributed by atoms with E-state index in [1.165, 1.54) is 17.7 Å². The van der Waals surface area contributed by atoms with E-state index in [1.54, 1.807) is 6.07 Å². The molecule has 2 rings (SSSR count). The lowest BCUT2D eigenvalue weighted by Gasteiger charge is -2.38. The lowest BCUT2D eigenvalue weighted by Crippen LogP contribution is -2.55. The fourth-order valence-corrected chi connectivity index (χ4v) is 2.49. The molecule has 1 aliphatic rings. The van der Waals surface area contributed by atoms with Crippen molar-refractivity contribution in [3.05, 3.63) is 35.4 Å². The number of nitrogens with zero attached hydrogens (tertiary/aromatic N) is 1.